The van der Waals surface area contributed by atoms with Gasteiger partial charge in [-0.05, 0) is 30.5 Å². The van der Waals surface area contributed by atoms with Crippen LogP contribution in [0, 0.1) is 0 Å². The summed E-state index contributed by atoms with van der Waals surface area (Å²) in [5.74, 6) is 0. The molecule has 1 saturated carbocycles. The Hall–Kier alpha value is -0.570. The largest absolute Gasteiger partial charge is 0.383 e. The van der Waals surface area contributed by atoms with E-state index in [1.165, 1.54) is 24.8 Å². The van der Waals surface area contributed by atoms with E-state index in [0.717, 1.165) is 24.7 Å². The van der Waals surface area contributed by atoms with Gasteiger partial charge < -0.3 is 10.1 Å². The molecule has 3 heteroatoms. The van der Waals surface area contributed by atoms with Crippen LogP contribution in [-0.2, 0) is 10.2 Å². The maximum absolute atomic E-state index is 6.08. The first-order chi connectivity index (χ1) is 8.27. The smallest absolute Gasteiger partial charge is 0.0587 e. The lowest BCUT2D eigenvalue weighted by Gasteiger charge is -2.43. The van der Waals surface area contributed by atoms with E-state index in [1.54, 1.807) is 7.11 Å². The zero-order chi connectivity index (χ0) is 12.1. The summed E-state index contributed by atoms with van der Waals surface area (Å²) in [6.45, 7) is 2.71. The Bertz CT molecular complexity index is 363. The molecule has 17 heavy (non-hydrogen) atoms. The fraction of sp³-hybridized carbons (Fsp3) is 0.571. The average Bonchev–Trinajstić information content (AvgIpc) is 2.27. The van der Waals surface area contributed by atoms with Gasteiger partial charge in [0.2, 0.25) is 0 Å². The Morgan fingerprint density at radius 3 is 2.82 bits per heavy atom. The highest BCUT2D eigenvalue weighted by molar-refractivity contribution is 6.30. The first-order valence-corrected chi connectivity index (χ1v) is 6.60. The number of hydrogen-bond donors (Lipinski definition) is 1. The summed E-state index contributed by atoms with van der Waals surface area (Å²) in [6.07, 6.45) is 3.83. The molecule has 0 amide bonds. The minimum absolute atomic E-state index is 0.304. The predicted molar refractivity (Wildman–Crippen MR) is 71.7 cm³/mol. The number of ether oxygens (including phenoxy) is 1. The van der Waals surface area contributed by atoms with Crippen LogP contribution in [0.25, 0.3) is 0 Å². The quantitative estimate of drug-likeness (QED) is 0.787. The fourth-order valence-corrected chi connectivity index (χ4v) is 2.68. The molecule has 0 heterocycles. The second kappa shape index (κ2) is 5.85. The molecule has 0 bridgehead atoms. The first-order valence-electron chi connectivity index (χ1n) is 6.23. The van der Waals surface area contributed by atoms with Crippen molar-refractivity contribution in [2.75, 3.05) is 26.8 Å². The van der Waals surface area contributed by atoms with Gasteiger partial charge in [-0.25, -0.2) is 0 Å². The van der Waals surface area contributed by atoms with Crippen LogP contribution in [-0.4, -0.2) is 26.8 Å². The monoisotopic (exact) mass is 253 g/mol. The number of nitrogens with one attached hydrogen (secondary N) is 1. The molecule has 0 saturated heterocycles. The van der Waals surface area contributed by atoms with Crippen LogP contribution < -0.4 is 5.32 Å². The third-order valence-electron chi connectivity index (χ3n) is 3.69. The Morgan fingerprint density at radius 1 is 1.41 bits per heavy atom. The van der Waals surface area contributed by atoms with Crippen molar-refractivity contribution in [2.45, 2.75) is 24.7 Å². The van der Waals surface area contributed by atoms with E-state index in [9.17, 15) is 0 Å². The van der Waals surface area contributed by atoms with Gasteiger partial charge in [-0.2, -0.15) is 0 Å². The number of benzene rings is 1. The topological polar surface area (TPSA) is 21.3 Å². The van der Waals surface area contributed by atoms with Crippen molar-refractivity contribution in [1.82, 2.24) is 5.32 Å². The van der Waals surface area contributed by atoms with E-state index < -0.39 is 0 Å². The van der Waals surface area contributed by atoms with E-state index in [1.807, 2.05) is 12.1 Å². The molecule has 1 fully saturated rings. The van der Waals surface area contributed by atoms with E-state index in [0.29, 0.717) is 5.41 Å². The molecule has 0 radical (unpaired) electrons. The maximum atomic E-state index is 6.08. The Balaban J connectivity index is 1.99. The molecule has 1 aliphatic carbocycles. The van der Waals surface area contributed by atoms with Crippen LogP contribution in [0.3, 0.4) is 0 Å². The lowest BCUT2D eigenvalue weighted by molar-refractivity contribution is 0.185. The Morgan fingerprint density at radius 2 is 2.24 bits per heavy atom. The molecule has 0 aromatic heterocycles. The summed E-state index contributed by atoms with van der Waals surface area (Å²) in [4.78, 5) is 0. The van der Waals surface area contributed by atoms with Gasteiger partial charge in [-0.15, -0.1) is 0 Å². The lowest BCUT2D eigenvalue weighted by Crippen LogP contribution is -2.44. The standard InChI is InChI=1S/C14H20ClNO/c1-17-9-8-16-11-14(6-3-7-14)12-4-2-5-13(15)10-12/h2,4-5,10,16H,3,6-9,11H2,1H3. The number of methoxy groups -OCH3 is 1. The summed E-state index contributed by atoms with van der Waals surface area (Å²) in [5, 5.41) is 4.32. The van der Waals surface area contributed by atoms with Crippen molar-refractivity contribution in [3.63, 3.8) is 0 Å². The molecule has 2 nitrogen and oxygen atoms in total. The van der Waals surface area contributed by atoms with Gasteiger partial charge in [0.15, 0.2) is 0 Å². The minimum atomic E-state index is 0.304. The molecular formula is C14H20ClNO. The molecule has 1 aromatic rings. The van der Waals surface area contributed by atoms with E-state index >= 15 is 0 Å². The highest BCUT2D eigenvalue weighted by Gasteiger charge is 2.38. The zero-order valence-corrected chi connectivity index (χ0v) is 11.1. The number of hydrogen-bond acceptors (Lipinski definition) is 2. The van der Waals surface area contributed by atoms with Crippen LogP contribution in [0.2, 0.25) is 5.02 Å². The minimum Gasteiger partial charge on any atom is -0.383 e. The molecule has 2 rings (SSSR count). The van der Waals surface area contributed by atoms with Gasteiger partial charge in [-0.1, -0.05) is 30.2 Å². The van der Waals surface area contributed by atoms with E-state index in [2.05, 4.69) is 17.4 Å². The highest BCUT2D eigenvalue weighted by atomic mass is 35.5. The normalized spacial score (nSPS) is 17.8. The molecule has 0 spiro atoms. The van der Waals surface area contributed by atoms with Gasteiger partial charge in [0.1, 0.15) is 0 Å². The van der Waals surface area contributed by atoms with Gasteiger partial charge in [0, 0.05) is 30.6 Å². The van der Waals surface area contributed by atoms with Crippen molar-refractivity contribution in [3.05, 3.63) is 34.9 Å². The summed E-state index contributed by atoms with van der Waals surface area (Å²) in [5.41, 5.74) is 1.68. The number of halogens is 1. The summed E-state index contributed by atoms with van der Waals surface area (Å²) < 4.78 is 5.05. The molecule has 1 N–H and O–H groups in total. The first kappa shape index (κ1) is 12.9. The van der Waals surface area contributed by atoms with Crippen LogP contribution in [0.4, 0.5) is 0 Å². The van der Waals surface area contributed by atoms with Crippen molar-refractivity contribution in [1.29, 1.82) is 0 Å². The molecular weight excluding hydrogens is 234 g/mol. The van der Waals surface area contributed by atoms with Gasteiger partial charge in [0.05, 0.1) is 6.61 Å². The summed E-state index contributed by atoms with van der Waals surface area (Å²) >= 11 is 6.08. The molecule has 1 aromatic carbocycles. The molecule has 0 aliphatic heterocycles. The molecule has 0 unspecified atom stereocenters. The lowest BCUT2D eigenvalue weighted by atomic mass is 9.64. The SMILES string of the molecule is COCCNCC1(c2cccc(Cl)c2)CCC1. The van der Waals surface area contributed by atoms with Gasteiger partial charge >= 0.3 is 0 Å². The van der Waals surface area contributed by atoms with Gasteiger partial charge in [0.25, 0.3) is 0 Å². The molecule has 94 valence electrons. The Labute approximate surface area is 108 Å². The van der Waals surface area contributed by atoms with Crippen molar-refractivity contribution in [3.8, 4) is 0 Å². The second-order valence-corrected chi connectivity index (χ2v) is 5.25. The molecule has 1 aliphatic rings. The third-order valence-corrected chi connectivity index (χ3v) is 3.93. The maximum Gasteiger partial charge on any atom is 0.0587 e. The number of rotatable bonds is 6. The van der Waals surface area contributed by atoms with Crippen LogP contribution >= 0.6 is 11.6 Å². The zero-order valence-electron chi connectivity index (χ0n) is 10.3. The second-order valence-electron chi connectivity index (χ2n) is 4.81. The van der Waals surface area contributed by atoms with E-state index in [4.69, 9.17) is 16.3 Å². The van der Waals surface area contributed by atoms with E-state index in [-0.39, 0.29) is 0 Å². The van der Waals surface area contributed by atoms with Crippen LogP contribution in [0.5, 0.6) is 0 Å². The summed E-state index contributed by atoms with van der Waals surface area (Å²) in [6, 6.07) is 8.30. The third kappa shape index (κ3) is 3.01. The summed E-state index contributed by atoms with van der Waals surface area (Å²) in [7, 11) is 1.73. The van der Waals surface area contributed by atoms with Crippen LogP contribution in [0.15, 0.2) is 24.3 Å². The predicted octanol–water partition coefficient (Wildman–Crippen LogP) is 3.00. The Kier molecular flexibility index (Phi) is 4.43. The van der Waals surface area contributed by atoms with Gasteiger partial charge in [-0.3, -0.25) is 0 Å². The van der Waals surface area contributed by atoms with Crippen molar-refractivity contribution in [2.24, 2.45) is 0 Å². The molecule has 0 atom stereocenters. The fourth-order valence-electron chi connectivity index (χ4n) is 2.49. The average molecular weight is 254 g/mol. The highest BCUT2D eigenvalue weighted by Crippen LogP contribution is 2.43. The van der Waals surface area contributed by atoms with Crippen molar-refractivity contribution >= 4 is 11.6 Å². The van der Waals surface area contributed by atoms with Crippen LogP contribution in [0.1, 0.15) is 24.8 Å². The van der Waals surface area contributed by atoms with Crippen molar-refractivity contribution < 1.29 is 4.74 Å².